The molecule has 2 heterocycles. The van der Waals surface area contributed by atoms with Gasteiger partial charge in [0, 0.05) is 17.3 Å². The Morgan fingerprint density at radius 3 is 2.27 bits per heavy atom. The van der Waals surface area contributed by atoms with Crippen molar-refractivity contribution in [3.63, 3.8) is 0 Å². The van der Waals surface area contributed by atoms with Crippen molar-refractivity contribution >= 4 is 57.4 Å². The maximum absolute atomic E-state index is 11.7. The monoisotopic (exact) mass is 420 g/mol. The Morgan fingerprint density at radius 2 is 1.65 bits per heavy atom. The van der Waals surface area contributed by atoms with Gasteiger partial charge in [-0.05, 0) is 5.56 Å². The Bertz CT molecular complexity index is 1080. The van der Waals surface area contributed by atoms with Gasteiger partial charge in [-0.3, -0.25) is 9.20 Å². The first-order valence-corrected chi connectivity index (χ1v) is 9.62. The van der Waals surface area contributed by atoms with Gasteiger partial charge in [-0.15, -0.1) is 0 Å². The fraction of sp³-hybridized carbons (Fsp3) is 0.0526. The minimum absolute atomic E-state index is 0.500. The number of carbonyl (C=O) groups excluding carboxylic acids is 1. The van der Waals surface area contributed by atoms with E-state index in [0.717, 1.165) is 27.3 Å². The van der Waals surface area contributed by atoms with Crippen LogP contribution in [0.15, 0.2) is 60.8 Å². The molecule has 4 aromatic rings. The smallest absolute Gasteiger partial charge is 0.216 e. The second-order valence-electron chi connectivity index (χ2n) is 5.65. The molecular weight excluding hydrogens is 411 g/mol. The van der Waals surface area contributed by atoms with Crippen LogP contribution in [-0.4, -0.2) is 15.7 Å². The van der Waals surface area contributed by atoms with Crippen LogP contribution in [0.4, 0.5) is 0 Å². The van der Waals surface area contributed by atoms with E-state index in [1.165, 1.54) is 11.3 Å². The van der Waals surface area contributed by atoms with Crippen molar-refractivity contribution in [3.05, 3.63) is 72.1 Å². The second kappa shape index (κ2) is 6.71. The van der Waals surface area contributed by atoms with Crippen molar-refractivity contribution < 1.29 is 4.79 Å². The van der Waals surface area contributed by atoms with Gasteiger partial charge in [-0.25, -0.2) is 4.98 Å². The number of aldehydes is 1. The van der Waals surface area contributed by atoms with Gasteiger partial charge < -0.3 is 0 Å². The predicted octanol–water partition coefficient (Wildman–Crippen LogP) is 6.37. The minimum Gasteiger partial charge on any atom is -0.296 e. The molecule has 26 heavy (non-hydrogen) atoms. The van der Waals surface area contributed by atoms with Gasteiger partial charge in [-0.2, -0.15) is 0 Å². The van der Waals surface area contributed by atoms with Crippen molar-refractivity contribution in [3.8, 4) is 21.7 Å². The lowest BCUT2D eigenvalue weighted by molar-refractivity contribution is 0.111. The van der Waals surface area contributed by atoms with Gasteiger partial charge in [0.15, 0.2) is 11.2 Å². The standard InChI is InChI=1S/C19H11Cl3N2OS/c20-19(21,22)14-8-6-13(7-9-14)17-15(11-25)24-10-16(26-18(24)23-17)12-4-2-1-3-5-12/h1-11H. The topological polar surface area (TPSA) is 34.4 Å². The Balaban J connectivity index is 1.79. The van der Waals surface area contributed by atoms with Crippen LogP contribution in [-0.2, 0) is 3.79 Å². The highest BCUT2D eigenvalue weighted by Crippen LogP contribution is 2.39. The van der Waals surface area contributed by atoms with Crippen molar-refractivity contribution in [2.24, 2.45) is 0 Å². The summed E-state index contributed by atoms with van der Waals surface area (Å²) in [5.74, 6) is 0. The fourth-order valence-electron chi connectivity index (χ4n) is 2.74. The van der Waals surface area contributed by atoms with Gasteiger partial charge in [-0.1, -0.05) is 101 Å². The average Bonchev–Trinajstić information content (AvgIpc) is 3.19. The molecule has 0 fully saturated rings. The van der Waals surface area contributed by atoms with Crippen LogP contribution < -0.4 is 0 Å². The van der Waals surface area contributed by atoms with E-state index in [1.807, 2.05) is 40.9 Å². The molecule has 130 valence electrons. The van der Waals surface area contributed by atoms with E-state index in [4.69, 9.17) is 34.8 Å². The van der Waals surface area contributed by atoms with Gasteiger partial charge in [0.05, 0.1) is 4.88 Å². The Hall–Kier alpha value is -1.85. The van der Waals surface area contributed by atoms with Crippen molar-refractivity contribution in [2.75, 3.05) is 0 Å². The molecule has 3 nitrogen and oxygen atoms in total. The quantitative estimate of drug-likeness (QED) is 0.284. The number of imidazole rings is 1. The predicted molar refractivity (Wildman–Crippen MR) is 109 cm³/mol. The lowest BCUT2D eigenvalue weighted by atomic mass is 10.1. The number of thiazole rings is 1. The Kier molecular flexibility index (Phi) is 4.53. The summed E-state index contributed by atoms with van der Waals surface area (Å²) in [4.78, 5) is 18.2. The number of fused-ring (bicyclic) bond motifs is 1. The van der Waals surface area contributed by atoms with E-state index in [9.17, 15) is 4.79 Å². The zero-order valence-corrected chi connectivity index (χ0v) is 16.3. The summed E-state index contributed by atoms with van der Waals surface area (Å²) in [5, 5.41) is 0. The van der Waals surface area contributed by atoms with E-state index in [-0.39, 0.29) is 0 Å². The number of alkyl halides is 3. The summed E-state index contributed by atoms with van der Waals surface area (Å²) >= 11 is 19.2. The molecule has 0 spiro atoms. The zero-order valence-electron chi connectivity index (χ0n) is 13.2. The minimum atomic E-state index is -1.48. The van der Waals surface area contributed by atoms with Crippen LogP contribution in [0.25, 0.3) is 26.7 Å². The zero-order chi connectivity index (χ0) is 18.3. The van der Waals surface area contributed by atoms with Crippen LogP contribution >= 0.6 is 46.1 Å². The summed E-state index contributed by atoms with van der Waals surface area (Å²) in [6.07, 6.45) is 2.75. The lowest BCUT2D eigenvalue weighted by Gasteiger charge is -2.11. The van der Waals surface area contributed by atoms with Gasteiger partial charge in [0.1, 0.15) is 11.4 Å². The van der Waals surface area contributed by atoms with E-state index >= 15 is 0 Å². The molecule has 0 atom stereocenters. The summed E-state index contributed by atoms with van der Waals surface area (Å²) in [5.41, 5.74) is 3.56. The molecular formula is C19H11Cl3N2OS. The highest BCUT2D eigenvalue weighted by molar-refractivity contribution is 7.20. The van der Waals surface area contributed by atoms with Crippen molar-refractivity contribution in [2.45, 2.75) is 3.79 Å². The molecule has 0 aliphatic carbocycles. The molecule has 0 aliphatic rings. The van der Waals surface area contributed by atoms with Crippen LogP contribution in [0.1, 0.15) is 16.1 Å². The first-order chi connectivity index (χ1) is 12.5. The number of rotatable bonds is 3. The number of benzene rings is 2. The lowest BCUT2D eigenvalue weighted by Crippen LogP contribution is -1.99. The van der Waals surface area contributed by atoms with Crippen LogP contribution in [0, 0.1) is 0 Å². The van der Waals surface area contributed by atoms with Crippen LogP contribution in [0.5, 0.6) is 0 Å². The molecule has 0 N–H and O–H groups in total. The molecule has 0 amide bonds. The maximum Gasteiger partial charge on any atom is 0.216 e. The average molecular weight is 422 g/mol. The fourth-order valence-corrected chi connectivity index (χ4v) is 4.11. The number of nitrogens with zero attached hydrogens (tertiary/aromatic N) is 2. The molecule has 2 aromatic heterocycles. The normalized spacial score (nSPS) is 11.8. The first-order valence-electron chi connectivity index (χ1n) is 7.67. The summed E-state index contributed by atoms with van der Waals surface area (Å²) in [7, 11) is 0. The molecule has 4 rings (SSSR count). The van der Waals surface area contributed by atoms with Crippen LogP contribution in [0.2, 0.25) is 0 Å². The van der Waals surface area contributed by atoms with Gasteiger partial charge >= 0.3 is 0 Å². The van der Waals surface area contributed by atoms with Crippen molar-refractivity contribution in [1.29, 1.82) is 0 Å². The Labute approximate surface area is 168 Å². The van der Waals surface area contributed by atoms with E-state index in [0.29, 0.717) is 17.0 Å². The molecule has 0 saturated carbocycles. The van der Waals surface area contributed by atoms with Crippen molar-refractivity contribution in [1.82, 2.24) is 9.38 Å². The molecule has 0 radical (unpaired) electrons. The van der Waals surface area contributed by atoms with Crippen LogP contribution in [0.3, 0.4) is 0 Å². The summed E-state index contributed by atoms with van der Waals surface area (Å²) in [6.45, 7) is 0. The second-order valence-corrected chi connectivity index (χ2v) is 8.94. The molecule has 2 aromatic carbocycles. The molecule has 0 bridgehead atoms. The van der Waals surface area contributed by atoms with E-state index in [2.05, 4.69) is 4.98 Å². The first kappa shape index (κ1) is 17.6. The third kappa shape index (κ3) is 3.14. The summed E-state index contributed by atoms with van der Waals surface area (Å²) < 4.78 is 0.337. The molecule has 7 heteroatoms. The third-order valence-electron chi connectivity index (χ3n) is 4.02. The molecule has 0 unspecified atom stereocenters. The molecule has 0 aliphatic heterocycles. The van der Waals surface area contributed by atoms with E-state index < -0.39 is 3.79 Å². The number of hydrogen-bond acceptors (Lipinski definition) is 3. The number of aromatic nitrogens is 2. The third-order valence-corrected chi connectivity index (χ3v) is 5.71. The SMILES string of the molecule is O=Cc1c(-c2ccc(C(Cl)(Cl)Cl)cc2)nc2sc(-c3ccccc3)cn12. The molecule has 0 saturated heterocycles. The number of hydrogen-bond donors (Lipinski definition) is 0. The Morgan fingerprint density at radius 1 is 0.962 bits per heavy atom. The number of halogens is 3. The van der Waals surface area contributed by atoms with E-state index in [1.54, 1.807) is 24.3 Å². The van der Waals surface area contributed by atoms with Gasteiger partial charge in [0.25, 0.3) is 0 Å². The largest absolute Gasteiger partial charge is 0.296 e. The number of carbonyl (C=O) groups is 1. The summed E-state index contributed by atoms with van der Waals surface area (Å²) in [6, 6.07) is 17.0. The highest BCUT2D eigenvalue weighted by atomic mass is 35.6. The van der Waals surface area contributed by atoms with Gasteiger partial charge in [0.2, 0.25) is 3.79 Å². The highest BCUT2D eigenvalue weighted by Gasteiger charge is 2.23. The maximum atomic E-state index is 11.7.